The highest BCUT2D eigenvalue weighted by Gasteiger charge is 2.57. The van der Waals surface area contributed by atoms with Crippen molar-refractivity contribution in [2.45, 2.75) is 104 Å². The minimum atomic E-state index is -0.940. The van der Waals surface area contributed by atoms with Crippen molar-refractivity contribution in [3.63, 3.8) is 0 Å². The highest BCUT2D eigenvalue weighted by Crippen LogP contribution is 2.63. The van der Waals surface area contributed by atoms with Gasteiger partial charge in [-0.3, -0.25) is 14.5 Å². The van der Waals surface area contributed by atoms with Crippen LogP contribution >= 0.6 is 0 Å². The van der Waals surface area contributed by atoms with E-state index in [0.717, 1.165) is 67.9 Å². The second-order valence-corrected chi connectivity index (χ2v) is 16.5. The fraction of sp³-hybridized carbons (Fsp3) is 0.684. The summed E-state index contributed by atoms with van der Waals surface area (Å²) in [6, 6.07) is 4.01. The molecule has 2 saturated heterocycles. The molecular formula is C38H56N6O7. The Balaban J connectivity index is 1.18. The van der Waals surface area contributed by atoms with Gasteiger partial charge in [-0.2, -0.15) is 0 Å². The van der Waals surface area contributed by atoms with Gasteiger partial charge in [0.2, 0.25) is 11.8 Å². The van der Waals surface area contributed by atoms with E-state index >= 15 is 0 Å². The monoisotopic (exact) mass is 708 g/mol. The average molecular weight is 709 g/mol. The van der Waals surface area contributed by atoms with Crippen LogP contribution in [-0.2, 0) is 19.1 Å². The number of rotatable bonds is 12. The Morgan fingerprint density at radius 3 is 2.49 bits per heavy atom. The van der Waals surface area contributed by atoms with Crippen LogP contribution in [0.1, 0.15) is 72.8 Å². The molecule has 3 heterocycles. The molecule has 3 amide bonds. The average Bonchev–Trinajstić information content (AvgIpc) is 3.34. The van der Waals surface area contributed by atoms with E-state index in [4.69, 9.17) is 29.7 Å². The zero-order chi connectivity index (χ0) is 36.7. The fourth-order valence-electron chi connectivity index (χ4n) is 7.94. The first-order valence-corrected chi connectivity index (χ1v) is 18.5. The Kier molecular flexibility index (Phi) is 10.6. The van der Waals surface area contributed by atoms with E-state index < -0.39 is 41.5 Å². The molecule has 4 fully saturated rings. The minimum absolute atomic E-state index is 0.117. The maximum atomic E-state index is 14.2. The Morgan fingerprint density at radius 1 is 1.10 bits per heavy atom. The molecule has 280 valence electrons. The predicted octanol–water partition coefficient (Wildman–Crippen LogP) is 4.24. The van der Waals surface area contributed by atoms with E-state index in [1.807, 2.05) is 59.7 Å². The van der Waals surface area contributed by atoms with Crippen molar-refractivity contribution in [2.24, 2.45) is 22.5 Å². The second-order valence-electron chi connectivity index (χ2n) is 16.5. The van der Waals surface area contributed by atoms with Crippen LogP contribution in [0.25, 0.3) is 10.9 Å². The third kappa shape index (κ3) is 8.46. The predicted molar refractivity (Wildman–Crippen MR) is 194 cm³/mol. The number of hydrogen-bond donors (Lipinski definition) is 3. The molecule has 2 aliphatic heterocycles. The van der Waals surface area contributed by atoms with Gasteiger partial charge in [0.1, 0.15) is 48.2 Å². The van der Waals surface area contributed by atoms with Crippen molar-refractivity contribution in [2.75, 3.05) is 51.3 Å². The number of pyridine rings is 1. The van der Waals surface area contributed by atoms with E-state index in [1.165, 1.54) is 11.3 Å². The van der Waals surface area contributed by atoms with Crippen molar-refractivity contribution >= 4 is 34.6 Å². The molecule has 1 aromatic carbocycles. The standard InChI is InChI=1S/C38H56N6O7/c1-22(2)40-31-18-30(27-8-9-29(23(3)32(27)41-31)49-15-12-43-10-13-48-14-11-43)50-26-17-28(34(39)45)44(21-26)35(46)33(37(4,5)6)42-36(47)51-25-16-24-19-38(24,7)20-25/h8-9,18,22,24-26,28,33H,10-17,19-21H2,1-7H3,(H2,39,45)(H,40,41)(H,42,47)/t24-,25-,26?,28+,33-,38-/m1/s1. The lowest BCUT2D eigenvalue weighted by Gasteiger charge is -2.35. The van der Waals surface area contributed by atoms with Crippen LogP contribution in [0.2, 0.25) is 0 Å². The molecule has 0 spiro atoms. The summed E-state index contributed by atoms with van der Waals surface area (Å²) in [5, 5.41) is 7.02. The van der Waals surface area contributed by atoms with Gasteiger partial charge in [-0.15, -0.1) is 0 Å². The van der Waals surface area contributed by atoms with Crippen LogP contribution in [-0.4, -0.2) is 109 Å². The Hall–Kier alpha value is -3.84. The van der Waals surface area contributed by atoms with Crippen molar-refractivity contribution in [1.29, 1.82) is 0 Å². The molecular weight excluding hydrogens is 652 g/mol. The third-order valence-electron chi connectivity index (χ3n) is 10.9. The number of aromatic nitrogens is 1. The molecule has 51 heavy (non-hydrogen) atoms. The SMILES string of the molecule is Cc1c(OCCN2CCOCC2)ccc2c(OC3C[C@@H](C(N)=O)N(C(=O)[C@@H](NC(=O)O[C@@H]4C[C@@H]5C[C@]5(C)C4)C(C)(C)C)C3)cc(NC(C)C)nc12. The number of benzene rings is 1. The van der Waals surface area contributed by atoms with E-state index in [2.05, 4.69) is 22.5 Å². The maximum absolute atomic E-state index is 14.2. The summed E-state index contributed by atoms with van der Waals surface area (Å²) in [6.07, 6.45) is 1.78. The van der Waals surface area contributed by atoms with Crippen molar-refractivity contribution in [3.05, 3.63) is 23.8 Å². The van der Waals surface area contributed by atoms with Crippen LogP contribution in [0.5, 0.6) is 11.5 Å². The van der Waals surface area contributed by atoms with Gasteiger partial charge in [0.25, 0.3) is 0 Å². The third-order valence-corrected chi connectivity index (χ3v) is 10.9. The molecule has 13 heteroatoms. The number of nitrogens with two attached hydrogens (primary N) is 1. The molecule has 4 N–H and O–H groups in total. The van der Waals surface area contributed by atoms with Gasteiger partial charge in [-0.1, -0.05) is 27.7 Å². The number of aryl methyl sites for hydroxylation is 1. The topological polar surface area (TPSA) is 158 Å². The number of nitrogens with one attached hydrogen (secondary N) is 2. The first kappa shape index (κ1) is 36.9. The molecule has 1 unspecified atom stereocenters. The smallest absolute Gasteiger partial charge is 0.408 e. The van der Waals surface area contributed by atoms with Crippen LogP contribution in [0.15, 0.2) is 18.2 Å². The number of alkyl carbamates (subject to hydrolysis) is 1. The number of nitrogens with zero attached hydrogens (tertiary/aromatic N) is 3. The molecule has 1 aromatic heterocycles. The number of primary amides is 1. The molecule has 2 aliphatic carbocycles. The highest BCUT2D eigenvalue weighted by atomic mass is 16.6. The normalized spacial score (nSPS) is 26.9. The molecule has 4 aliphatic rings. The zero-order valence-corrected chi connectivity index (χ0v) is 31.3. The Morgan fingerprint density at radius 2 is 1.84 bits per heavy atom. The molecule has 0 radical (unpaired) electrons. The number of ether oxygens (including phenoxy) is 4. The van der Waals surface area contributed by atoms with Gasteiger partial charge in [0.15, 0.2) is 0 Å². The van der Waals surface area contributed by atoms with Crippen LogP contribution < -0.4 is 25.8 Å². The largest absolute Gasteiger partial charge is 0.492 e. The first-order valence-electron chi connectivity index (χ1n) is 18.5. The van der Waals surface area contributed by atoms with Gasteiger partial charge in [-0.05, 0) is 68.9 Å². The number of hydrogen-bond acceptors (Lipinski definition) is 10. The summed E-state index contributed by atoms with van der Waals surface area (Å²) >= 11 is 0. The lowest BCUT2D eigenvalue weighted by Crippen LogP contribution is -2.57. The molecule has 6 rings (SSSR count). The Bertz CT molecular complexity index is 1620. The quantitative estimate of drug-likeness (QED) is 0.292. The number of fused-ring (bicyclic) bond motifs is 2. The number of amides is 3. The zero-order valence-electron chi connectivity index (χ0n) is 31.3. The van der Waals surface area contributed by atoms with E-state index in [9.17, 15) is 14.4 Å². The summed E-state index contributed by atoms with van der Waals surface area (Å²) in [6.45, 7) is 18.7. The molecule has 2 aromatic rings. The van der Waals surface area contributed by atoms with Crippen molar-refractivity contribution in [1.82, 2.24) is 20.1 Å². The summed E-state index contributed by atoms with van der Waals surface area (Å²) in [4.78, 5) is 48.8. The van der Waals surface area contributed by atoms with Gasteiger partial charge in [0.05, 0.1) is 25.3 Å². The lowest BCUT2D eigenvalue weighted by atomic mass is 9.85. The molecule has 13 nitrogen and oxygen atoms in total. The number of carbonyl (C=O) groups excluding carboxylic acids is 3. The minimum Gasteiger partial charge on any atom is -0.492 e. The highest BCUT2D eigenvalue weighted by molar-refractivity contribution is 5.93. The molecule has 2 saturated carbocycles. The van der Waals surface area contributed by atoms with Gasteiger partial charge in [0, 0.05) is 49.1 Å². The molecule has 0 bridgehead atoms. The van der Waals surface area contributed by atoms with Crippen LogP contribution in [0, 0.1) is 23.7 Å². The summed E-state index contributed by atoms with van der Waals surface area (Å²) in [5.41, 5.74) is 7.11. The first-order chi connectivity index (χ1) is 24.1. The number of anilines is 1. The Labute approximate surface area is 301 Å². The number of likely N-dealkylation sites (tertiary alicyclic amines) is 1. The molecule has 6 atom stereocenters. The van der Waals surface area contributed by atoms with Crippen molar-refractivity contribution in [3.8, 4) is 11.5 Å². The van der Waals surface area contributed by atoms with E-state index in [-0.39, 0.29) is 30.5 Å². The van der Waals surface area contributed by atoms with Crippen LogP contribution in [0.3, 0.4) is 0 Å². The summed E-state index contributed by atoms with van der Waals surface area (Å²) in [7, 11) is 0. The van der Waals surface area contributed by atoms with E-state index in [1.54, 1.807) is 0 Å². The number of morpholine rings is 1. The fourth-order valence-corrected chi connectivity index (χ4v) is 7.94. The second kappa shape index (κ2) is 14.7. The van der Waals surface area contributed by atoms with Gasteiger partial charge >= 0.3 is 6.09 Å². The maximum Gasteiger partial charge on any atom is 0.408 e. The van der Waals surface area contributed by atoms with Crippen LogP contribution in [0.4, 0.5) is 10.6 Å². The van der Waals surface area contributed by atoms with Crippen molar-refractivity contribution < 1.29 is 33.3 Å². The van der Waals surface area contributed by atoms with E-state index in [0.29, 0.717) is 24.1 Å². The number of carbonyl (C=O) groups is 3. The summed E-state index contributed by atoms with van der Waals surface area (Å²) in [5.74, 6) is 1.55. The summed E-state index contributed by atoms with van der Waals surface area (Å²) < 4.78 is 24.1. The van der Waals surface area contributed by atoms with Gasteiger partial charge < -0.3 is 40.2 Å². The lowest BCUT2D eigenvalue weighted by molar-refractivity contribution is -0.141. The van der Waals surface area contributed by atoms with Gasteiger partial charge in [-0.25, -0.2) is 9.78 Å².